The van der Waals surface area contributed by atoms with Gasteiger partial charge in [0.1, 0.15) is 29.5 Å². The van der Waals surface area contributed by atoms with Crippen LogP contribution < -0.4 is 16.0 Å². The van der Waals surface area contributed by atoms with Gasteiger partial charge >= 0.3 is 12.1 Å². The summed E-state index contributed by atoms with van der Waals surface area (Å²) in [6.45, 7) is 3.69. The fraction of sp³-hybridized carbons (Fsp3) is 0.391. The van der Waals surface area contributed by atoms with E-state index in [-0.39, 0.29) is 6.04 Å². The molecule has 0 aliphatic carbocycles. The zero-order valence-electron chi connectivity index (χ0n) is 19.1. The number of nitrogens with two attached hydrogens (primary N) is 1. The van der Waals surface area contributed by atoms with Crippen molar-refractivity contribution < 1.29 is 22.7 Å². The zero-order chi connectivity index (χ0) is 25.0. The van der Waals surface area contributed by atoms with E-state index in [4.69, 9.17) is 10.5 Å². The number of nitrogens with zero attached hydrogens (tertiary/aromatic N) is 5. The number of pyridine rings is 2. The van der Waals surface area contributed by atoms with Crippen LogP contribution in [0.1, 0.15) is 36.3 Å². The van der Waals surface area contributed by atoms with Gasteiger partial charge in [-0.25, -0.2) is 14.8 Å². The molecule has 2 aliphatic rings. The standard InChI is InChI=1S/C23H24F3N7O2/c1-22(2)20-15(21(34)35-22)3-4-18(31-20)30-19-7-17(32-6-5-14(27)11-32)16(9-28-19)13-8-29-33(10-13)12-23(24,25)26/h3-4,7-10,14H,5-6,11-12,27H2,1-2H3,(H,28,30,31)/t14-/m0/s1. The summed E-state index contributed by atoms with van der Waals surface area (Å²) < 4.78 is 44.6. The van der Waals surface area contributed by atoms with Crippen LogP contribution in [-0.4, -0.2) is 51.0 Å². The van der Waals surface area contributed by atoms with E-state index in [1.807, 2.05) is 6.07 Å². The first-order chi connectivity index (χ1) is 16.5. The number of esters is 1. The molecule has 1 saturated heterocycles. The fourth-order valence-electron chi connectivity index (χ4n) is 4.39. The largest absolute Gasteiger partial charge is 0.449 e. The second kappa shape index (κ2) is 8.22. The predicted molar refractivity (Wildman–Crippen MR) is 122 cm³/mol. The minimum Gasteiger partial charge on any atom is -0.449 e. The number of ether oxygens (including phenoxy) is 1. The van der Waals surface area contributed by atoms with Gasteiger partial charge in [0.05, 0.1) is 11.8 Å². The van der Waals surface area contributed by atoms with Gasteiger partial charge in [-0.05, 0) is 32.4 Å². The third-order valence-electron chi connectivity index (χ3n) is 6.02. The lowest BCUT2D eigenvalue weighted by Crippen LogP contribution is -2.26. The maximum Gasteiger partial charge on any atom is 0.408 e. The van der Waals surface area contributed by atoms with E-state index in [1.54, 1.807) is 32.2 Å². The van der Waals surface area contributed by atoms with Gasteiger partial charge in [-0.2, -0.15) is 18.3 Å². The molecule has 9 nitrogen and oxygen atoms in total. The molecule has 3 N–H and O–H groups in total. The summed E-state index contributed by atoms with van der Waals surface area (Å²) >= 11 is 0. The van der Waals surface area contributed by atoms with Crippen molar-refractivity contribution in [2.75, 3.05) is 23.3 Å². The molecule has 0 aromatic carbocycles. The Balaban J connectivity index is 1.47. The average Bonchev–Trinajstić information content (AvgIpc) is 3.46. The van der Waals surface area contributed by atoms with Crippen molar-refractivity contribution in [3.05, 3.63) is 48.0 Å². The molecule has 1 fully saturated rings. The second-order valence-electron chi connectivity index (χ2n) is 9.24. The Kier molecular flexibility index (Phi) is 5.42. The molecular formula is C23H24F3N7O2. The van der Waals surface area contributed by atoms with Gasteiger partial charge in [-0.3, -0.25) is 4.68 Å². The monoisotopic (exact) mass is 487 g/mol. The number of rotatable bonds is 5. The van der Waals surface area contributed by atoms with Gasteiger partial charge in [0.2, 0.25) is 0 Å². The molecule has 3 aromatic heterocycles. The van der Waals surface area contributed by atoms with E-state index < -0.39 is 24.3 Å². The van der Waals surface area contributed by atoms with Crippen LogP contribution in [0.15, 0.2) is 36.8 Å². The number of anilines is 3. The first kappa shape index (κ1) is 23.1. The Bertz CT molecular complexity index is 1290. The van der Waals surface area contributed by atoms with Crippen molar-refractivity contribution in [1.82, 2.24) is 19.7 Å². The highest BCUT2D eigenvalue weighted by molar-refractivity contribution is 5.94. The second-order valence-corrected chi connectivity index (χ2v) is 9.24. The molecule has 2 aliphatic heterocycles. The molecule has 184 valence electrons. The van der Waals surface area contributed by atoms with E-state index in [2.05, 4.69) is 25.3 Å². The van der Waals surface area contributed by atoms with Crippen molar-refractivity contribution in [3.63, 3.8) is 0 Å². The molecule has 12 heteroatoms. The van der Waals surface area contributed by atoms with Crippen LogP contribution in [0.2, 0.25) is 0 Å². The van der Waals surface area contributed by atoms with E-state index in [0.717, 1.165) is 16.8 Å². The molecule has 0 bridgehead atoms. The van der Waals surface area contributed by atoms with Crippen LogP contribution in [-0.2, 0) is 16.9 Å². The van der Waals surface area contributed by atoms with Crippen molar-refractivity contribution >= 4 is 23.3 Å². The Hall–Kier alpha value is -3.67. The number of cyclic esters (lactones) is 1. The normalized spacial score (nSPS) is 19.1. The van der Waals surface area contributed by atoms with Crippen LogP contribution in [0.25, 0.3) is 11.1 Å². The minimum atomic E-state index is -4.37. The number of hydrogen-bond acceptors (Lipinski definition) is 8. The summed E-state index contributed by atoms with van der Waals surface area (Å²) in [6, 6.07) is 5.14. The van der Waals surface area contributed by atoms with E-state index in [0.29, 0.717) is 47.1 Å². The number of aromatic nitrogens is 4. The number of carbonyl (C=O) groups is 1. The minimum absolute atomic E-state index is 0.00137. The number of alkyl halides is 3. The molecule has 5 rings (SSSR count). The third kappa shape index (κ3) is 4.65. The Morgan fingerprint density at radius 3 is 2.74 bits per heavy atom. The Morgan fingerprint density at radius 1 is 1.23 bits per heavy atom. The van der Waals surface area contributed by atoms with Gasteiger partial charge in [0.25, 0.3) is 0 Å². The summed E-state index contributed by atoms with van der Waals surface area (Å²) in [5, 5.41) is 7.02. The van der Waals surface area contributed by atoms with Crippen molar-refractivity contribution in [1.29, 1.82) is 0 Å². The Morgan fingerprint density at radius 2 is 2.03 bits per heavy atom. The fourth-order valence-corrected chi connectivity index (χ4v) is 4.39. The summed E-state index contributed by atoms with van der Waals surface area (Å²) in [6.07, 6.45) is 0.787. The zero-order valence-corrected chi connectivity index (χ0v) is 19.1. The van der Waals surface area contributed by atoms with Gasteiger partial charge in [-0.1, -0.05) is 0 Å². The summed E-state index contributed by atoms with van der Waals surface area (Å²) in [5.74, 6) is 0.560. The number of hydrogen-bond donors (Lipinski definition) is 2. The maximum atomic E-state index is 12.8. The Labute approximate surface area is 199 Å². The van der Waals surface area contributed by atoms with Crippen LogP contribution >= 0.6 is 0 Å². The molecule has 5 heterocycles. The van der Waals surface area contributed by atoms with Crippen molar-refractivity contribution in [2.45, 2.75) is 44.6 Å². The number of halogens is 3. The molecule has 1 atom stereocenters. The van der Waals surface area contributed by atoms with Crippen molar-refractivity contribution in [3.8, 4) is 11.1 Å². The third-order valence-corrected chi connectivity index (χ3v) is 6.02. The summed E-state index contributed by atoms with van der Waals surface area (Å²) in [5.41, 5.74) is 8.19. The predicted octanol–water partition coefficient (Wildman–Crippen LogP) is 3.59. The smallest absolute Gasteiger partial charge is 0.408 e. The van der Waals surface area contributed by atoms with Crippen LogP contribution in [0.5, 0.6) is 0 Å². The molecule has 0 unspecified atom stereocenters. The lowest BCUT2D eigenvalue weighted by molar-refractivity contribution is -0.142. The quantitative estimate of drug-likeness (QED) is 0.526. The lowest BCUT2D eigenvalue weighted by Gasteiger charge is -2.22. The SMILES string of the molecule is CC1(C)OC(=O)c2ccc(Nc3cc(N4CC[C@H](N)C4)c(-c4cnn(CC(F)(F)F)c4)cn3)nc21. The lowest BCUT2D eigenvalue weighted by atomic mass is 10.0. The van der Waals surface area contributed by atoms with Crippen LogP contribution in [0, 0.1) is 0 Å². The summed E-state index contributed by atoms with van der Waals surface area (Å²) in [7, 11) is 0. The topological polar surface area (TPSA) is 111 Å². The number of carbonyl (C=O) groups excluding carboxylic acids is 1. The van der Waals surface area contributed by atoms with E-state index in [9.17, 15) is 18.0 Å². The van der Waals surface area contributed by atoms with Gasteiger partial charge in [0.15, 0.2) is 0 Å². The summed E-state index contributed by atoms with van der Waals surface area (Å²) in [4.78, 5) is 23.1. The molecule has 0 amide bonds. The van der Waals surface area contributed by atoms with Gasteiger partial charge < -0.3 is 20.7 Å². The molecule has 0 saturated carbocycles. The molecular weight excluding hydrogens is 463 g/mol. The highest BCUT2D eigenvalue weighted by atomic mass is 19.4. The first-order valence-electron chi connectivity index (χ1n) is 11.1. The van der Waals surface area contributed by atoms with Crippen molar-refractivity contribution in [2.24, 2.45) is 5.73 Å². The van der Waals surface area contributed by atoms with E-state index in [1.165, 1.54) is 12.4 Å². The number of fused-ring (bicyclic) bond motifs is 1. The highest BCUT2D eigenvalue weighted by Crippen LogP contribution is 2.37. The molecule has 0 radical (unpaired) electrons. The van der Waals surface area contributed by atoms with Crippen LogP contribution in [0.4, 0.5) is 30.5 Å². The van der Waals surface area contributed by atoms with Crippen LogP contribution in [0.3, 0.4) is 0 Å². The first-order valence-corrected chi connectivity index (χ1v) is 11.1. The van der Waals surface area contributed by atoms with Gasteiger partial charge in [0, 0.05) is 54.4 Å². The molecule has 3 aromatic rings. The van der Waals surface area contributed by atoms with E-state index >= 15 is 0 Å². The maximum absolute atomic E-state index is 12.8. The highest BCUT2D eigenvalue weighted by Gasteiger charge is 2.39. The molecule has 35 heavy (non-hydrogen) atoms. The number of nitrogens with one attached hydrogen (secondary N) is 1. The average molecular weight is 487 g/mol. The molecule has 0 spiro atoms. The van der Waals surface area contributed by atoms with Gasteiger partial charge in [-0.15, -0.1) is 0 Å².